The van der Waals surface area contributed by atoms with Gasteiger partial charge in [-0.05, 0) is 86.8 Å². The number of benzene rings is 10. The molecule has 0 saturated carbocycles. The van der Waals surface area contributed by atoms with E-state index in [1.807, 2.05) is 0 Å². The minimum Gasteiger partial charge on any atom is -0.310 e. The predicted molar refractivity (Wildman–Crippen MR) is 280 cm³/mol. The highest BCUT2D eigenvalue weighted by molar-refractivity contribution is 6.19. The van der Waals surface area contributed by atoms with E-state index in [0.717, 1.165) is 83.1 Å². The molecule has 1 aliphatic carbocycles. The van der Waals surface area contributed by atoms with Gasteiger partial charge in [0.2, 0.25) is 5.95 Å². The van der Waals surface area contributed by atoms with Crippen LogP contribution in [0.4, 0.5) is 17.1 Å². The predicted octanol–water partition coefficient (Wildman–Crippen LogP) is 16.7. The summed E-state index contributed by atoms with van der Waals surface area (Å²) in [6, 6.07) is 83.3. The van der Waals surface area contributed by atoms with Gasteiger partial charge in [-0.15, -0.1) is 0 Å². The van der Waals surface area contributed by atoms with Crippen LogP contribution in [0, 0.1) is 0 Å². The normalized spacial score (nSPS) is 12.7. The molecule has 2 aromatic heterocycles. The number of rotatable bonds is 7. The maximum atomic E-state index is 5.58. The molecule has 0 radical (unpaired) electrons. The van der Waals surface area contributed by atoms with E-state index < -0.39 is 0 Å². The van der Waals surface area contributed by atoms with Crippen molar-refractivity contribution in [1.29, 1.82) is 0 Å². The molecular formula is C63H44N4. The number of para-hydroxylation sites is 1. The summed E-state index contributed by atoms with van der Waals surface area (Å²) in [4.78, 5) is 13.4. The van der Waals surface area contributed by atoms with E-state index in [4.69, 9.17) is 9.97 Å². The van der Waals surface area contributed by atoms with Gasteiger partial charge in [0.25, 0.3) is 0 Å². The fourth-order valence-corrected chi connectivity index (χ4v) is 10.7. The molecule has 0 atom stereocenters. The van der Waals surface area contributed by atoms with E-state index in [0.29, 0.717) is 5.95 Å². The molecule has 13 rings (SSSR count). The molecule has 67 heavy (non-hydrogen) atoms. The summed E-state index contributed by atoms with van der Waals surface area (Å²) in [6.45, 7) is 4.63. The van der Waals surface area contributed by atoms with Crippen molar-refractivity contribution in [3.8, 4) is 50.6 Å². The lowest BCUT2D eigenvalue weighted by Gasteiger charge is -2.34. The zero-order chi connectivity index (χ0) is 44.6. The first-order valence-corrected chi connectivity index (χ1v) is 23.1. The molecular weight excluding hydrogens is 813 g/mol. The molecule has 316 valence electrons. The van der Waals surface area contributed by atoms with Crippen LogP contribution in [0.2, 0.25) is 0 Å². The lowest BCUT2D eigenvalue weighted by molar-refractivity contribution is 0.643. The Morgan fingerprint density at radius 3 is 1.78 bits per heavy atom. The average Bonchev–Trinajstić information content (AvgIpc) is 3.73. The number of aromatic nitrogens is 3. The first-order valence-electron chi connectivity index (χ1n) is 23.1. The smallest absolute Gasteiger partial charge is 0.235 e. The fraction of sp³-hybridized carbons (Fsp3) is 0.0476. The van der Waals surface area contributed by atoms with Crippen LogP contribution in [0.5, 0.6) is 0 Å². The maximum Gasteiger partial charge on any atom is 0.235 e. The first kappa shape index (κ1) is 38.8. The summed E-state index contributed by atoms with van der Waals surface area (Å²) in [7, 11) is 0. The molecule has 12 aromatic rings. The molecule has 1 aliphatic rings. The highest BCUT2D eigenvalue weighted by Crippen LogP contribution is 2.49. The standard InChI is InChI=1S/C63H44N4/c1-63(2)54-24-13-11-23-52(54)60-59-55(63)25-15-26-56(59)64-62(65-60)67-58-39-37-48(40-53(58)51-38-34-46-20-9-10-22-50(46)61(51)67)66(57-27-14-12-21-49(57)45-18-7-4-8-19-45)47-35-32-44(33-36-47)43-30-28-42(29-31-43)41-16-5-3-6-17-41/h3-40H,1-2H3. The minimum atomic E-state index is -0.188. The SMILES string of the molecule is CC1(C)c2ccccc2-c2nc(-n3c4ccc(N(c5ccc(-c6ccc(-c7ccccc7)cc6)cc5)c5ccccc5-c5ccccc5)cc4c4ccc5ccccc5c43)nc3cccc1c23. The Morgan fingerprint density at radius 2 is 1.01 bits per heavy atom. The van der Waals surface area contributed by atoms with Crippen molar-refractivity contribution in [3.05, 3.63) is 242 Å². The Kier molecular flexibility index (Phi) is 8.84. The third kappa shape index (κ3) is 6.21. The lowest BCUT2D eigenvalue weighted by Crippen LogP contribution is -2.24. The quantitative estimate of drug-likeness (QED) is 0.160. The van der Waals surface area contributed by atoms with E-state index in [9.17, 15) is 0 Å². The Labute approximate surface area is 389 Å². The van der Waals surface area contributed by atoms with Gasteiger partial charge in [-0.2, -0.15) is 0 Å². The average molecular weight is 857 g/mol. The van der Waals surface area contributed by atoms with Crippen LogP contribution >= 0.6 is 0 Å². The summed E-state index contributed by atoms with van der Waals surface area (Å²) in [5.41, 5.74) is 17.9. The number of hydrogen-bond donors (Lipinski definition) is 0. The summed E-state index contributed by atoms with van der Waals surface area (Å²) in [5, 5.41) is 5.73. The van der Waals surface area contributed by atoms with Crippen LogP contribution in [0.3, 0.4) is 0 Å². The zero-order valence-corrected chi connectivity index (χ0v) is 37.2. The first-order chi connectivity index (χ1) is 33.0. The maximum absolute atomic E-state index is 5.58. The molecule has 2 heterocycles. The van der Waals surface area contributed by atoms with Gasteiger partial charge in [0.15, 0.2) is 0 Å². The van der Waals surface area contributed by atoms with Crippen LogP contribution in [-0.2, 0) is 5.41 Å². The van der Waals surface area contributed by atoms with Crippen LogP contribution in [0.25, 0.3) is 94.1 Å². The van der Waals surface area contributed by atoms with Gasteiger partial charge in [0, 0.05) is 49.5 Å². The Hall–Kier alpha value is -8.60. The molecule has 4 nitrogen and oxygen atoms in total. The highest BCUT2D eigenvalue weighted by atomic mass is 15.2. The number of anilines is 3. The van der Waals surface area contributed by atoms with Crippen LogP contribution in [0.1, 0.15) is 25.0 Å². The van der Waals surface area contributed by atoms with Crippen LogP contribution in [0.15, 0.2) is 231 Å². The van der Waals surface area contributed by atoms with E-state index in [1.165, 1.54) is 33.2 Å². The van der Waals surface area contributed by atoms with E-state index in [2.05, 4.69) is 254 Å². The van der Waals surface area contributed by atoms with E-state index in [1.54, 1.807) is 0 Å². The van der Waals surface area contributed by atoms with Crippen LogP contribution < -0.4 is 4.90 Å². The molecule has 0 saturated heterocycles. The Bertz CT molecular complexity index is 3870. The van der Waals surface area contributed by atoms with Gasteiger partial charge in [-0.1, -0.05) is 202 Å². The summed E-state index contributed by atoms with van der Waals surface area (Å²) < 4.78 is 2.31. The van der Waals surface area contributed by atoms with Crippen molar-refractivity contribution in [2.75, 3.05) is 4.90 Å². The van der Waals surface area contributed by atoms with E-state index >= 15 is 0 Å². The molecule has 0 amide bonds. The third-order valence-corrected chi connectivity index (χ3v) is 14.0. The number of hydrogen-bond acceptors (Lipinski definition) is 3. The molecule has 0 N–H and O–H groups in total. The minimum absolute atomic E-state index is 0.188. The van der Waals surface area contributed by atoms with Gasteiger partial charge >= 0.3 is 0 Å². The molecule has 4 heteroatoms. The molecule has 0 fully saturated rings. The van der Waals surface area contributed by atoms with Crippen molar-refractivity contribution >= 4 is 60.5 Å². The zero-order valence-electron chi connectivity index (χ0n) is 37.2. The number of nitrogens with zero attached hydrogens (tertiary/aromatic N) is 4. The second-order valence-electron chi connectivity index (χ2n) is 18.2. The van der Waals surface area contributed by atoms with E-state index in [-0.39, 0.29) is 5.41 Å². The summed E-state index contributed by atoms with van der Waals surface area (Å²) in [5.74, 6) is 0.664. The van der Waals surface area contributed by atoms with Gasteiger partial charge in [0.05, 0.1) is 27.9 Å². The van der Waals surface area contributed by atoms with Crippen molar-refractivity contribution in [3.63, 3.8) is 0 Å². The van der Waals surface area contributed by atoms with Gasteiger partial charge < -0.3 is 4.90 Å². The van der Waals surface area contributed by atoms with Crippen molar-refractivity contribution < 1.29 is 0 Å². The summed E-state index contributed by atoms with van der Waals surface area (Å²) in [6.07, 6.45) is 0. The largest absolute Gasteiger partial charge is 0.310 e. The highest BCUT2D eigenvalue weighted by Gasteiger charge is 2.35. The fourth-order valence-electron chi connectivity index (χ4n) is 10.7. The molecule has 0 unspecified atom stereocenters. The van der Waals surface area contributed by atoms with Gasteiger partial charge in [-0.25, -0.2) is 9.97 Å². The second-order valence-corrected chi connectivity index (χ2v) is 18.2. The third-order valence-electron chi connectivity index (χ3n) is 14.0. The summed E-state index contributed by atoms with van der Waals surface area (Å²) >= 11 is 0. The van der Waals surface area contributed by atoms with Gasteiger partial charge in [0.1, 0.15) is 0 Å². The Balaban J connectivity index is 1.02. The topological polar surface area (TPSA) is 34.0 Å². The molecule has 0 spiro atoms. The van der Waals surface area contributed by atoms with Crippen LogP contribution in [-0.4, -0.2) is 14.5 Å². The lowest BCUT2D eigenvalue weighted by atomic mass is 9.70. The van der Waals surface area contributed by atoms with Gasteiger partial charge in [-0.3, -0.25) is 4.57 Å². The monoisotopic (exact) mass is 856 g/mol. The van der Waals surface area contributed by atoms with Crippen molar-refractivity contribution in [2.45, 2.75) is 19.3 Å². The number of fused-ring (bicyclic) bond motifs is 7. The molecule has 10 aromatic carbocycles. The van der Waals surface area contributed by atoms with Crippen molar-refractivity contribution in [1.82, 2.24) is 14.5 Å². The van der Waals surface area contributed by atoms with Crippen molar-refractivity contribution in [2.24, 2.45) is 0 Å². The Morgan fingerprint density at radius 1 is 0.418 bits per heavy atom. The second kappa shape index (κ2) is 15.3. The molecule has 0 bridgehead atoms. The molecule has 0 aliphatic heterocycles.